The Morgan fingerprint density at radius 2 is 1.37 bits per heavy atom. The number of furan rings is 1. The van der Waals surface area contributed by atoms with E-state index in [1.807, 2.05) is 39.4 Å². The van der Waals surface area contributed by atoms with E-state index in [9.17, 15) is 24.2 Å². The zero-order valence-corrected chi connectivity index (χ0v) is 38.8. The van der Waals surface area contributed by atoms with E-state index in [4.69, 9.17) is 22.9 Å². The summed E-state index contributed by atoms with van der Waals surface area (Å²) in [5.74, 6) is 1.15. The molecule has 1 N–H and O–H groups in total. The van der Waals surface area contributed by atoms with Gasteiger partial charge >= 0.3 is 11.9 Å². The summed E-state index contributed by atoms with van der Waals surface area (Å²) < 4.78 is 39.9. The first-order chi connectivity index (χ1) is 28.7. The number of quaternary nitrogens is 1. The molecule has 0 aliphatic rings. The number of allylic oxidation sites excluding steroid dienone is 10. The third-order valence-corrected chi connectivity index (χ3v) is 10.5. The van der Waals surface area contributed by atoms with Crippen molar-refractivity contribution in [3.8, 4) is 0 Å². The van der Waals surface area contributed by atoms with E-state index in [1.165, 1.54) is 11.1 Å². The molecule has 0 aromatic carbocycles. The Kier molecular flexibility index (Phi) is 30.4. The van der Waals surface area contributed by atoms with Gasteiger partial charge in [0.25, 0.3) is 7.82 Å². The van der Waals surface area contributed by atoms with E-state index in [1.54, 1.807) is 18.2 Å². The maximum Gasteiger partial charge on any atom is 0.306 e. The predicted molar refractivity (Wildman–Crippen MR) is 240 cm³/mol. The third-order valence-electron chi connectivity index (χ3n) is 9.51. The lowest BCUT2D eigenvalue weighted by molar-refractivity contribution is -0.870. The molecule has 12 heteroatoms. The van der Waals surface area contributed by atoms with Crippen LogP contribution in [0.2, 0.25) is 0 Å². The highest BCUT2D eigenvalue weighted by molar-refractivity contribution is 7.45. The van der Waals surface area contributed by atoms with Gasteiger partial charge in [-0.05, 0) is 82.8 Å². The molecule has 2 unspecified atom stereocenters. The standard InChI is InChI=1S/C48H78NO10P/c1-8-10-11-12-13-14-15-16-17-18-19-22-26-32-43(50)33-27-25-30-36-48(52)58-44(40-57-60(53,54)56-38-37-49(5,6)7)39-55-47(51)35-29-24-21-20-23-28-34-46-42(4)41(3)45(59-46)31-9-2/h10-11,13-14,16-17,19,22,25-27,32,43-44,50H,8-9,12,15,18,20-21,23-24,28-31,33-40H2,1-7H3/b11-10-,14-13-,17-16-,22-19-,27-25-,32-26-/t43?,44-/m1/s1. The van der Waals surface area contributed by atoms with Crippen molar-refractivity contribution in [1.29, 1.82) is 0 Å². The summed E-state index contributed by atoms with van der Waals surface area (Å²) in [6.45, 7) is 8.03. The molecule has 0 saturated carbocycles. The lowest BCUT2D eigenvalue weighted by Gasteiger charge is -2.28. The number of phosphoric acid groups is 1. The number of aliphatic hydroxyl groups excluding tert-OH is 1. The maximum absolute atomic E-state index is 12.7. The number of nitrogens with zero attached hydrogens (tertiary/aromatic N) is 1. The number of hydrogen-bond acceptors (Lipinski definition) is 10. The number of phosphoric ester groups is 1. The number of rotatable bonds is 35. The monoisotopic (exact) mass is 860 g/mol. The molecule has 340 valence electrons. The number of aliphatic hydroxyl groups is 1. The van der Waals surface area contributed by atoms with Crippen LogP contribution in [0, 0.1) is 13.8 Å². The lowest BCUT2D eigenvalue weighted by atomic mass is 10.0. The minimum Gasteiger partial charge on any atom is -0.756 e. The average molecular weight is 860 g/mol. The molecule has 0 amide bonds. The molecule has 0 saturated heterocycles. The van der Waals surface area contributed by atoms with Crippen molar-refractivity contribution in [3.63, 3.8) is 0 Å². The first-order valence-corrected chi connectivity index (χ1v) is 23.6. The van der Waals surface area contributed by atoms with Crippen LogP contribution in [-0.4, -0.2) is 81.2 Å². The summed E-state index contributed by atoms with van der Waals surface area (Å²) in [4.78, 5) is 37.7. The number of carbonyl (C=O) groups is 2. The fraction of sp³-hybridized carbons (Fsp3) is 0.625. The van der Waals surface area contributed by atoms with Crippen LogP contribution in [0.25, 0.3) is 0 Å². The fourth-order valence-electron chi connectivity index (χ4n) is 5.81. The van der Waals surface area contributed by atoms with Crippen molar-refractivity contribution in [1.82, 2.24) is 0 Å². The van der Waals surface area contributed by atoms with Crippen LogP contribution in [0.5, 0.6) is 0 Å². The van der Waals surface area contributed by atoms with Gasteiger partial charge in [0.15, 0.2) is 6.10 Å². The Balaban J connectivity index is 2.47. The van der Waals surface area contributed by atoms with Crippen LogP contribution in [-0.2, 0) is 45.5 Å². The molecule has 1 rings (SSSR count). The van der Waals surface area contributed by atoms with E-state index in [0.29, 0.717) is 30.3 Å². The van der Waals surface area contributed by atoms with E-state index >= 15 is 0 Å². The second-order valence-corrected chi connectivity index (χ2v) is 17.5. The Morgan fingerprint density at radius 1 is 0.750 bits per heavy atom. The van der Waals surface area contributed by atoms with Crippen LogP contribution >= 0.6 is 7.82 Å². The summed E-state index contributed by atoms with van der Waals surface area (Å²) in [5, 5.41) is 10.2. The quantitative estimate of drug-likeness (QED) is 0.0175. The Bertz CT molecular complexity index is 1550. The zero-order chi connectivity index (χ0) is 44.5. The predicted octanol–water partition coefficient (Wildman–Crippen LogP) is 10.2. The molecular formula is C48H78NO10P. The van der Waals surface area contributed by atoms with Gasteiger partial charge in [0.05, 0.1) is 33.9 Å². The summed E-state index contributed by atoms with van der Waals surface area (Å²) >= 11 is 0. The Morgan fingerprint density at radius 3 is 2.02 bits per heavy atom. The number of hydrogen-bond donors (Lipinski definition) is 1. The van der Waals surface area contributed by atoms with Crippen molar-refractivity contribution < 1.29 is 51.6 Å². The summed E-state index contributed by atoms with van der Waals surface area (Å²) in [6.07, 6.45) is 35.5. The van der Waals surface area contributed by atoms with Crippen LogP contribution in [0.1, 0.15) is 133 Å². The summed E-state index contributed by atoms with van der Waals surface area (Å²) in [5.41, 5.74) is 2.55. The van der Waals surface area contributed by atoms with Crippen LogP contribution in [0.15, 0.2) is 77.3 Å². The van der Waals surface area contributed by atoms with Gasteiger partial charge < -0.3 is 37.4 Å². The first kappa shape index (κ1) is 54.7. The SMILES string of the molecule is CC/C=C\C/C=C\C/C=C\C/C=C\C=C/C(O)C/C=C\CCC(=O)O[C@H](COC(=O)CCCCCCCCc1oc(CCC)c(C)c1C)COP(=O)([O-])OCC[N+](C)(C)C. The molecule has 1 aromatic heterocycles. The van der Waals surface area contributed by atoms with E-state index < -0.39 is 38.6 Å². The topological polar surface area (TPSA) is 145 Å². The molecule has 1 heterocycles. The van der Waals surface area contributed by atoms with Gasteiger partial charge in [0.1, 0.15) is 31.3 Å². The second-order valence-electron chi connectivity index (χ2n) is 16.1. The number of aryl methyl sites for hydroxylation is 2. The van der Waals surface area contributed by atoms with Crippen LogP contribution in [0.3, 0.4) is 0 Å². The molecule has 3 atom stereocenters. The highest BCUT2D eigenvalue weighted by atomic mass is 31.2. The first-order valence-electron chi connectivity index (χ1n) is 22.1. The maximum atomic E-state index is 12.7. The van der Waals surface area contributed by atoms with Crippen LogP contribution in [0.4, 0.5) is 0 Å². The second kappa shape index (κ2) is 33.3. The molecule has 0 fully saturated rings. The zero-order valence-electron chi connectivity index (χ0n) is 37.9. The van der Waals surface area contributed by atoms with Crippen molar-refractivity contribution >= 4 is 19.8 Å². The van der Waals surface area contributed by atoms with E-state index in [-0.39, 0.29) is 26.1 Å². The van der Waals surface area contributed by atoms with Crippen molar-refractivity contribution in [3.05, 3.63) is 95.6 Å². The van der Waals surface area contributed by atoms with E-state index in [0.717, 1.165) is 88.6 Å². The lowest BCUT2D eigenvalue weighted by Crippen LogP contribution is -2.37. The molecule has 0 bridgehead atoms. The number of unbranched alkanes of at least 4 members (excludes halogenated alkanes) is 5. The summed E-state index contributed by atoms with van der Waals surface area (Å²) in [7, 11) is 1.02. The van der Waals surface area contributed by atoms with Crippen LogP contribution < -0.4 is 4.89 Å². The molecular weight excluding hydrogens is 781 g/mol. The van der Waals surface area contributed by atoms with Gasteiger partial charge in [0, 0.05) is 25.7 Å². The number of esters is 2. The van der Waals surface area contributed by atoms with E-state index in [2.05, 4.69) is 64.2 Å². The molecule has 60 heavy (non-hydrogen) atoms. The smallest absolute Gasteiger partial charge is 0.306 e. The Labute approximate surface area is 362 Å². The molecule has 0 aliphatic carbocycles. The summed E-state index contributed by atoms with van der Waals surface area (Å²) in [6, 6.07) is 0. The van der Waals surface area contributed by atoms with Gasteiger partial charge in [-0.25, -0.2) is 0 Å². The highest BCUT2D eigenvalue weighted by Crippen LogP contribution is 2.38. The minimum atomic E-state index is -4.69. The van der Waals surface area contributed by atoms with Gasteiger partial charge in [-0.3, -0.25) is 14.2 Å². The molecule has 0 radical (unpaired) electrons. The highest BCUT2D eigenvalue weighted by Gasteiger charge is 2.22. The Hall–Kier alpha value is -3.31. The van der Waals surface area contributed by atoms with Crippen molar-refractivity contribution in [2.45, 2.75) is 149 Å². The number of carbonyl (C=O) groups excluding carboxylic acids is 2. The molecule has 0 aliphatic heterocycles. The van der Waals surface area contributed by atoms with Crippen molar-refractivity contribution in [2.75, 3.05) is 47.5 Å². The number of likely N-dealkylation sites (N-methyl/N-ethyl adjacent to an activating group) is 1. The van der Waals surface area contributed by atoms with Gasteiger partial charge in [-0.2, -0.15) is 0 Å². The fourth-order valence-corrected chi connectivity index (χ4v) is 6.54. The average Bonchev–Trinajstić information content (AvgIpc) is 3.45. The normalized spacial score (nSPS) is 14.8. The van der Waals surface area contributed by atoms with Gasteiger partial charge in [-0.1, -0.05) is 112 Å². The molecule has 11 nitrogen and oxygen atoms in total. The molecule has 1 aromatic rings. The van der Waals surface area contributed by atoms with Gasteiger partial charge in [-0.15, -0.1) is 0 Å². The van der Waals surface area contributed by atoms with Gasteiger partial charge in [0.2, 0.25) is 0 Å². The number of ether oxygens (including phenoxy) is 2. The largest absolute Gasteiger partial charge is 0.756 e. The minimum absolute atomic E-state index is 0.00449. The molecule has 0 spiro atoms. The van der Waals surface area contributed by atoms with Crippen molar-refractivity contribution in [2.24, 2.45) is 0 Å². The third kappa shape index (κ3) is 29.8.